The minimum Gasteiger partial charge on any atom is -0.384 e. The van der Waals surface area contributed by atoms with Crippen LogP contribution in [0.2, 0.25) is 5.02 Å². The zero-order chi connectivity index (χ0) is 12.8. The lowest BCUT2D eigenvalue weighted by molar-refractivity contribution is 0.227. The molecule has 0 aliphatic heterocycles. The molecule has 2 heteroatoms. The summed E-state index contributed by atoms with van der Waals surface area (Å²) in [4.78, 5) is 0. The van der Waals surface area contributed by atoms with Crippen molar-refractivity contribution in [1.82, 2.24) is 0 Å². The van der Waals surface area contributed by atoms with Crippen molar-refractivity contribution in [2.45, 2.75) is 39.7 Å². The van der Waals surface area contributed by atoms with Gasteiger partial charge in [0.1, 0.15) is 0 Å². The molecule has 0 spiro atoms. The van der Waals surface area contributed by atoms with Gasteiger partial charge in [-0.25, -0.2) is 0 Å². The Morgan fingerprint density at radius 1 is 1.29 bits per heavy atom. The van der Waals surface area contributed by atoms with Gasteiger partial charge in [0.2, 0.25) is 0 Å². The van der Waals surface area contributed by atoms with Crippen molar-refractivity contribution >= 4 is 11.6 Å². The Bertz CT molecular complexity index is 365. The molecule has 0 aromatic heterocycles. The number of allylic oxidation sites excluding steroid dienone is 1. The van der Waals surface area contributed by atoms with Gasteiger partial charge in [0.25, 0.3) is 0 Å². The van der Waals surface area contributed by atoms with E-state index in [4.69, 9.17) is 11.6 Å². The molecule has 1 unspecified atom stereocenters. The van der Waals surface area contributed by atoms with Crippen LogP contribution < -0.4 is 0 Å². The van der Waals surface area contributed by atoms with E-state index in [0.717, 1.165) is 18.4 Å². The van der Waals surface area contributed by atoms with Crippen LogP contribution in [0, 0.1) is 5.92 Å². The Hall–Kier alpha value is -0.790. The highest BCUT2D eigenvalue weighted by Gasteiger charge is 2.05. The van der Waals surface area contributed by atoms with Crippen molar-refractivity contribution in [3.8, 4) is 0 Å². The highest BCUT2D eigenvalue weighted by molar-refractivity contribution is 6.30. The summed E-state index contributed by atoms with van der Waals surface area (Å²) < 4.78 is 0. The van der Waals surface area contributed by atoms with E-state index in [1.165, 1.54) is 5.57 Å². The zero-order valence-electron chi connectivity index (χ0n) is 10.8. The van der Waals surface area contributed by atoms with E-state index in [2.05, 4.69) is 20.8 Å². The summed E-state index contributed by atoms with van der Waals surface area (Å²) in [7, 11) is 0. The van der Waals surface area contributed by atoms with E-state index >= 15 is 0 Å². The van der Waals surface area contributed by atoms with Crippen LogP contribution in [0.15, 0.2) is 35.9 Å². The first-order chi connectivity index (χ1) is 7.99. The van der Waals surface area contributed by atoms with Gasteiger partial charge in [-0.2, -0.15) is 0 Å². The molecule has 1 nitrogen and oxygen atoms in total. The summed E-state index contributed by atoms with van der Waals surface area (Å²) in [6.45, 7) is 6.49. The fourth-order valence-electron chi connectivity index (χ4n) is 1.63. The van der Waals surface area contributed by atoms with Gasteiger partial charge in [-0.15, -0.1) is 0 Å². The molecule has 0 aliphatic rings. The highest BCUT2D eigenvalue weighted by atomic mass is 35.5. The summed E-state index contributed by atoms with van der Waals surface area (Å²) in [5.41, 5.74) is 2.12. The van der Waals surface area contributed by atoms with Gasteiger partial charge in [0.15, 0.2) is 0 Å². The van der Waals surface area contributed by atoms with E-state index in [1.54, 1.807) is 12.1 Å². The second-order valence-electron chi connectivity index (χ2n) is 4.94. The number of benzene rings is 1. The zero-order valence-corrected chi connectivity index (χ0v) is 11.5. The van der Waals surface area contributed by atoms with Gasteiger partial charge in [-0.3, -0.25) is 0 Å². The predicted molar refractivity (Wildman–Crippen MR) is 74.2 cm³/mol. The Morgan fingerprint density at radius 3 is 2.41 bits per heavy atom. The van der Waals surface area contributed by atoms with Gasteiger partial charge in [-0.05, 0) is 43.4 Å². The molecular formula is C15H21ClO. The largest absolute Gasteiger partial charge is 0.384 e. The third-order valence-electron chi connectivity index (χ3n) is 2.77. The fourth-order valence-corrected chi connectivity index (χ4v) is 1.75. The molecule has 0 aliphatic carbocycles. The Labute approximate surface area is 109 Å². The normalized spacial score (nSPS) is 14.1. The van der Waals surface area contributed by atoms with Crippen molar-refractivity contribution in [3.05, 3.63) is 46.5 Å². The number of halogens is 1. The molecule has 0 saturated heterocycles. The maximum Gasteiger partial charge on any atom is 0.0974 e. The van der Waals surface area contributed by atoms with Crippen LogP contribution in [-0.4, -0.2) is 5.11 Å². The number of aliphatic hydroxyl groups excluding tert-OH is 1. The van der Waals surface area contributed by atoms with E-state index in [-0.39, 0.29) is 0 Å². The first-order valence-electron chi connectivity index (χ1n) is 6.10. The molecule has 0 amide bonds. The molecule has 0 radical (unpaired) electrons. The van der Waals surface area contributed by atoms with Crippen molar-refractivity contribution in [3.63, 3.8) is 0 Å². The third kappa shape index (κ3) is 5.38. The van der Waals surface area contributed by atoms with Crippen LogP contribution >= 0.6 is 11.6 Å². The highest BCUT2D eigenvalue weighted by Crippen LogP contribution is 2.20. The van der Waals surface area contributed by atoms with Gasteiger partial charge < -0.3 is 5.11 Å². The molecule has 0 fully saturated rings. The minimum absolute atomic E-state index is 0.528. The molecule has 0 saturated carbocycles. The quantitative estimate of drug-likeness (QED) is 0.750. The summed E-state index contributed by atoms with van der Waals surface area (Å²) in [6, 6.07) is 7.33. The lowest BCUT2D eigenvalue weighted by Gasteiger charge is -2.09. The molecule has 1 atom stereocenters. The third-order valence-corrected chi connectivity index (χ3v) is 3.02. The molecule has 1 aromatic rings. The molecule has 94 valence electrons. The number of aliphatic hydroxyl groups is 1. The van der Waals surface area contributed by atoms with Gasteiger partial charge in [-0.1, -0.05) is 49.2 Å². The molecule has 1 N–H and O–H groups in total. The van der Waals surface area contributed by atoms with E-state index in [0.29, 0.717) is 10.9 Å². The van der Waals surface area contributed by atoms with E-state index in [9.17, 15) is 5.11 Å². The Morgan fingerprint density at radius 2 is 1.88 bits per heavy atom. The van der Waals surface area contributed by atoms with Crippen molar-refractivity contribution < 1.29 is 5.11 Å². The summed E-state index contributed by atoms with van der Waals surface area (Å²) >= 11 is 5.81. The Kier molecular flexibility index (Phi) is 5.73. The van der Waals surface area contributed by atoms with Crippen LogP contribution in [0.4, 0.5) is 0 Å². The summed E-state index contributed by atoms with van der Waals surface area (Å²) in [5.74, 6) is 0.700. The SMILES string of the molecule is C/C(=C\C(O)c1ccc(Cl)cc1)CCC(C)C. The predicted octanol–water partition coefficient (Wildman–Crippen LogP) is 4.76. The smallest absolute Gasteiger partial charge is 0.0974 e. The molecule has 17 heavy (non-hydrogen) atoms. The van der Waals surface area contributed by atoms with Gasteiger partial charge in [0, 0.05) is 5.02 Å². The number of rotatable bonds is 5. The number of hydrogen-bond donors (Lipinski definition) is 1. The van der Waals surface area contributed by atoms with Crippen LogP contribution in [0.1, 0.15) is 45.3 Å². The second-order valence-corrected chi connectivity index (χ2v) is 5.38. The summed E-state index contributed by atoms with van der Waals surface area (Å²) in [6.07, 6.45) is 3.60. The van der Waals surface area contributed by atoms with Crippen LogP contribution in [0.3, 0.4) is 0 Å². The molecular weight excluding hydrogens is 232 g/mol. The minimum atomic E-state index is -0.528. The number of hydrogen-bond acceptors (Lipinski definition) is 1. The molecule has 1 rings (SSSR count). The molecule has 0 bridgehead atoms. The molecule has 1 aromatic carbocycles. The van der Waals surface area contributed by atoms with Crippen molar-refractivity contribution in [2.75, 3.05) is 0 Å². The summed E-state index contributed by atoms with van der Waals surface area (Å²) in [5, 5.41) is 10.7. The first-order valence-corrected chi connectivity index (χ1v) is 6.47. The van der Waals surface area contributed by atoms with Gasteiger partial charge in [0.05, 0.1) is 6.10 Å². The standard InChI is InChI=1S/C15H21ClO/c1-11(2)4-5-12(3)10-15(17)13-6-8-14(16)9-7-13/h6-11,15,17H,4-5H2,1-3H3/b12-10+. The lowest BCUT2D eigenvalue weighted by atomic mass is 10.0. The van der Waals surface area contributed by atoms with Crippen LogP contribution in [0.25, 0.3) is 0 Å². The lowest BCUT2D eigenvalue weighted by Crippen LogP contribution is -1.95. The van der Waals surface area contributed by atoms with Crippen LogP contribution in [-0.2, 0) is 0 Å². The average molecular weight is 253 g/mol. The van der Waals surface area contributed by atoms with Crippen molar-refractivity contribution in [1.29, 1.82) is 0 Å². The van der Waals surface area contributed by atoms with E-state index < -0.39 is 6.10 Å². The molecule has 0 heterocycles. The maximum absolute atomic E-state index is 10.0. The monoisotopic (exact) mass is 252 g/mol. The van der Waals surface area contributed by atoms with E-state index in [1.807, 2.05) is 18.2 Å². The topological polar surface area (TPSA) is 20.2 Å². The first kappa shape index (κ1) is 14.3. The van der Waals surface area contributed by atoms with Gasteiger partial charge >= 0.3 is 0 Å². The Balaban J connectivity index is 2.60. The average Bonchev–Trinajstić information content (AvgIpc) is 2.27. The fraction of sp³-hybridized carbons (Fsp3) is 0.467. The second kappa shape index (κ2) is 6.83. The maximum atomic E-state index is 10.0. The van der Waals surface area contributed by atoms with Crippen LogP contribution in [0.5, 0.6) is 0 Å². The van der Waals surface area contributed by atoms with Crippen molar-refractivity contribution in [2.24, 2.45) is 5.92 Å².